The Kier molecular flexibility index (Phi) is 8.04. The highest BCUT2D eigenvalue weighted by molar-refractivity contribution is 4.71. The third-order valence-electron chi connectivity index (χ3n) is 2.65. The molecular formula is C14H30O2. The molecule has 0 amide bonds. The van der Waals surface area contributed by atoms with Crippen LogP contribution < -0.4 is 0 Å². The van der Waals surface area contributed by atoms with E-state index in [1.807, 2.05) is 0 Å². The van der Waals surface area contributed by atoms with Crippen LogP contribution in [0.1, 0.15) is 60.8 Å². The minimum absolute atomic E-state index is 0.286. The first kappa shape index (κ1) is 15.9. The molecule has 1 atom stereocenters. The predicted molar refractivity (Wildman–Crippen MR) is 69.5 cm³/mol. The van der Waals surface area contributed by atoms with Gasteiger partial charge in [0.15, 0.2) is 0 Å². The molecule has 0 aromatic rings. The van der Waals surface area contributed by atoms with Crippen LogP contribution in [0.4, 0.5) is 0 Å². The molecule has 1 unspecified atom stereocenters. The van der Waals surface area contributed by atoms with Crippen molar-refractivity contribution in [3.63, 3.8) is 0 Å². The van der Waals surface area contributed by atoms with Crippen LogP contribution in [0.3, 0.4) is 0 Å². The average molecular weight is 230 g/mol. The molecule has 0 fully saturated rings. The van der Waals surface area contributed by atoms with Crippen LogP contribution in [0.2, 0.25) is 0 Å². The minimum atomic E-state index is 0.286. The van der Waals surface area contributed by atoms with Crippen LogP contribution in [0.5, 0.6) is 0 Å². The summed E-state index contributed by atoms with van der Waals surface area (Å²) in [4.78, 5) is 0. The maximum Gasteiger partial charge on any atom is 0.147 e. The van der Waals surface area contributed by atoms with Gasteiger partial charge < -0.3 is 9.47 Å². The Bertz CT molecular complexity index is 164. The molecule has 0 aliphatic heterocycles. The van der Waals surface area contributed by atoms with Gasteiger partial charge in [0.25, 0.3) is 0 Å². The van der Waals surface area contributed by atoms with E-state index in [0.29, 0.717) is 18.1 Å². The Balaban J connectivity index is 3.61. The zero-order valence-electron chi connectivity index (χ0n) is 12.0. The molecule has 98 valence electrons. The fourth-order valence-electron chi connectivity index (χ4n) is 2.06. The van der Waals surface area contributed by atoms with Crippen LogP contribution >= 0.6 is 0 Å². The van der Waals surface area contributed by atoms with E-state index in [9.17, 15) is 0 Å². The fourth-order valence-corrected chi connectivity index (χ4v) is 2.06. The van der Waals surface area contributed by atoms with Crippen LogP contribution in [0, 0.1) is 11.3 Å². The van der Waals surface area contributed by atoms with E-state index >= 15 is 0 Å². The van der Waals surface area contributed by atoms with Crippen molar-refractivity contribution < 1.29 is 9.47 Å². The molecule has 0 aromatic carbocycles. The fraction of sp³-hybridized carbons (Fsp3) is 1.00. The monoisotopic (exact) mass is 230 g/mol. The maximum absolute atomic E-state index is 5.65. The molecule has 2 nitrogen and oxygen atoms in total. The van der Waals surface area contributed by atoms with E-state index in [4.69, 9.17) is 9.47 Å². The van der Waals surface area contributed by atoms with Crippen molar-refractivity contribution in [1.29, 1.82) is 0 Å². The summed E-state index contributed by atoms with van der Waals surface area (Å²) in [6.45, 7) is 14.5. The van der Waals surface area contributed by atoms with Gasteiger partial charge in [-0.05, 0) is 31.1 Å². The van der Waals surface area contributed by atoms with Gasteiger partial charge >= 0.3 is 0 Å². The van der Waals surface area contributed by atoms with Gasteiger partial charge in [-0.3, -0.25) is 0 Å². The van der Waals surface area contributed by atoms with Crippen molar-refractivity contribution in [2.24, 2.45) is 11.3 Å². The van der Waals surface area contributed by atoms with Gasteiger partial charge in [-0.15, -0.1) is 0 Å². The smallest absolute Gasteiger partial charge is 0.147 e. The van der Waals surface area contributed by atoms with Gasteiger partial charge in [0.1, 0.15) is 6.79 Å². The highest BCUT2D eigenvalue weighted by atomic mass is 16.7. The van der Waals surface area contributed by atoms with E-state index in [2.05, 4.69) is 41.5 Å². The second-order valence-electron chi connectivity index (χ2n) is 5.98. The SMILES string of the molecule is CCCC(C)(C)CC(C)OCOCC(C)C. The first-order valence-electron chi connectivity index (χ1n) is 6.56. The van der Waals surface area contributed by atoms with Gasteiger partial charge in [0.05, 0.1) is 12.7 Å². The molecule has 0 rings (SSSR count). The first-order chi connectivity index (χ1) is 7.37. The van der Waals surface area contributed by atoms with Gasteiger partial charge in [-0.25, -0.2) is 0 Å². The molecule has 0 saturated heterocycles. The highest BCUT2D eigenvalue weighted by Gasteiger charge is 2.20. The molecular weight excluding hydrogens is 200 g/mol. The lowest BCUT2D eigenvalue weighted by atomic mass is 9.83. The van der Waals surface area contributed by atoms with Gasteiger partial charge in [-0.2, -0.15) is 0 Å². The van der Waals surface area contributed by atoms with E-state index in [1.165, 1.54) is 12.8 Å². The zero-order valence-corrected chi connectivity index (χ0v) is 12.0. The first-order valence-corrected chi connectivity index (χ1v) is 6.56. The maximum atomic E-state index is 5.65. The molecule has 16 heavy (non-hydrogen) atoms. The predicted octanol–water partition coefficient (Wildman–Crippen LogP) is 4.24. The molecule has 0 spiro atoms. The van der Waals surface area contributed by atoms with Crippen molar-refractivity contribution in [3.05, 3.63) is 0 Å². The molecule has 0 bridgehead atoms. The molecule has 0 radical (unpaired) electrons. The Morgan fingerprint density at radius 1 is 1.12 bits per heavy atom. The summed E-state index contributed by atoms with van der Waals surface area (Å²) in [5, 5.41) is 0. The van der Waals surface area contributed by atoms with Crippen LogP contribution in [0.25, 0.3) is 0 Å². The van der Waals surface area contributed by atoms with Crippen molar-refractivity contribution in [3.8, 4) is 0 Å². The number of rotatable bonds is 9. The van der Waals surface area contributed by atoms with Crippen molar-refractivity contribution >= 4 is 0 Å². The van der Waals surface area contributed by atoms with Gasteiger partial charge in [-0.1, -0.05) is 41.0 Å². The Labute approximate surface area is 102 Å². The van der Waals surface area contributed by atoms with Crippen LogP contribution in [-0.2, 0) is 9.47 Å². The van der Waals surface area contributed by atoms with Crippen molar-refractivity contribution in [2.75, 3.05) is 13.4 Å². The number of hydrogen-bond donors (Lipinski definition) is 0. The standard InChI is InChI=1S/C14H30O2/c1-7-8-14(5,6)9-13(4)16-11-15-10-12(2)3/h12-13H,7-11H2,1-6H3. The third kappa shape index (κ3) is 9.17. The largest absolute Gasteiger partial charge is 0.355 e. The van der Waals surface area contributed by atoms with E-state index < -0.39 is 0 Å². The number of hydrogen-bond acceptors (Lipinski definition) is 2. The molecule has 0 saturated carbocycles. The lowest BCUT2D eigenvalue weighted by Crippen LogP contribution is -2.22. The minimum Gasteiger partial charge on any atom is -0.355 e. The van der Waals surface area contributed by atoms with Crippen molar-refractivity contribution in [1.82, 2.24) is 0 Å². The summed E-state index contributed by atoms with van der Waals surface area (Å²) in [5.41, 5.74) is 0.381. The van der Waals surface area contributed by atoms with Gasteiger partial charge in [0.2, 0.25) is 0 Å². The lowest BCUT2D eigenvalue weighted by molar-refractivity contribution is -0.0992. The highest BCUT2D eigenvalue weighted by Crippen LogP contribution is 2.28. The summed E-state index contributed by atoms with van der Waals surface area (Å²) >= 11 is 0. The average Bonchev–Trinajstić information content (AvgIpc) is 2.11. The normalized spacial score (nSPS) is 14.4. The van der Waals surface area contributed by atoms with Crippen molar-refractivity contribution in [2.45, 2.75) is 66.9 Å². The Hall–Kier alpha value is -0.0800. The molecule has 2 heteroatoms. The van der Waals surface area contributed by atoms with E-state index in [1.54, 1.807) is 0 Å². The van der Waals surface area contributed by atoms with Gasteiger partial charge in [0, 0.05) is 0 Å². The lowest BCUT2D eigenvalue weighted by Gasteiger charge is -2.27. The van der Waals surface area contributed by atoms with E-state index in [-0.39, 0.29) is 6.10 Å². The summed E-state index contributed by atoms with van der Waals surface area (Å²) < 4.78 is 11.1. The molecule has 0 aliphatic carbocycles. The second-order valence-corrected chi connectivity index (χ2v) is 5.98. The van der Waals surface area contributed by atoms with Crippen LogP contribution in [-0.4, -0.2) is 19.5 Å². The second kappa shape index (κ2) is 8.08. The zero-order chi connectivity index (χ0) is 12.6. The topological polar surface area (TPSA) is 18.5 Å². The quantitative estimate of drug-likeness (QED) is 0.436. The summed E-state index contributed by atoms with van der Waals surface area (Å²) in [7, 11) is 0. The van der Waals surface area contributed by atoms with E-state index in [0.717, 1.165) is 13.0 Å². The molecule has 0 aliphatic rings. The molecule has 0 aromatic heterocycles. The summed E-state index contributed by atoms with van der Waals surface area (Å²) in [6, 6.07) is 0. The number of ether oxygens (including phenoxy) is 2. The summed E-state index contributed by atoms with van der Waals surface area (Å²) in [6.07, 6.45) is 3.89. The molecule has 0 N–H and O–H groups in total. The Morgan fingerprint density at radius 2 is 1.75 bits per heavy atom. The van der Waals surface area contributed by atoms with Crippen LogP contribution in [0.15, 0.2) is 0 Å². The third-order valence-corrected chi connectivity index (χ3v) is 2.65. The Morgan fingerprint density at radius 3 is 2.25 bits per heavy atom. The summed E-state index contributed by atoms with van der Waals surface area (Å²) in [5.74, 6) is 0.579. The molecule has 0 heterocycles.